The van der Waals surface area contributed by atoms with E-state index in [1.54, 1.807) is 0 Å². The van der Waals surface area contributed by atoms with Crippen molar-refractivity contribution in [3.05, 3.63) is 101 Å². The van der Waals surface area contributed by atoms with Gasteiger partial charge >= 0.3 is 0 Å². The van der Waals surface area contributed by atoms with E-state index < -0.39 is 0 Å². The molecule has 4 heteroatoms. The van der Waals surface area contributed by atoms with Crippen LogP contribution in [0, 0.1) is 13.8 Å². The van der Waals surface area contributed by atoms with Crippen molar-refractivity contribution in [2.24, 2.45) is 0 Å². The van der Waals surface area contributed by atoms with Gasteiger partial charge in [-0.15, -0.1) is 0 Å². The van der Waals surface area contributed by atoms with Crippen LogP contribution in [0.5, 0.6) is 5.75 Å². The van der Waals surface area contributed by atoms with E-state index in [1.807, 2.05) is 35.2 Å². The highest BCUT2D eigenvalue weighted by Crippen LogP contribution is 2.32. The summed E-state index contributed by atoms with van der Waals surface area (Å²) in [5, 5.41) is 0. The van der Waals surface area contributed by atoms with Crippen molar-refractivity contribution in [2.45, 2.75) is 19.9 Å². The number of carbonyl (C=O) groups is 1. The third-order valence-corrected chi connectivity index (χ3v) is 5.98. The summed E-state index contributed by atoms with van der Waals surface area (Å²) in [5.74, 6) is 0.778. The van der Waals surface area contributed by atoms with Crippen molar-refractivity contribution >= 4 is 5.91 Å². The van der Waals surface area contributed by atoms with Gasteiger partial charge in [-0.05, 0) is 42.7 Å². The number of amides is 1. The topological polar surface area (TPSA) is 32.8 Å². The molecule has 0 aliphatic carbocycles. The zero-order valence-corrected chi connectivity index (χ0v) is 18.3. The number of aryl methyl sites for hydroxylation is 2. The minimum Gasteiger partial charge on any atom is -0.484 e. The lowest BCUT2D eigenvalue weighted by Gasteiger charge is -2.40. The molecule has 1 fully saturated rings. The first-order valence-corrected chi connectivity index (χ1v) is 10.9. The molecule has 0 aromatic heterocycles. The third kappa shape index (κ3) is 5.15. The second kappa shape index (κ2) is 9.80. The molecular weight excluding hydrogens is 384 g/mol. The Balaban J connectivity index is 1.45. The molecule has 1 aliphatic rings. The normalized spacial score (nSPS) is 15.5. The molecule has 0 spiro atoms. The monoisotopic (exact) mass is 414 g/mol. The van der Waals surface area contributed by atoms with E-state index in [9.17, 15) is 4.79 Å². The molecule has 1 saturated heterocycles. The van der Waals surface area contributed by atoms with Gasteiger partial charge in [0.05, 0.1) is 6.04 Å². The molecule has 31 heavy (non-hydrogen) atoms. The van der Waals surface area contributed by atoms with E-state index >= 15 is 0 Å². The van der Waals surface area contributed by atoms with E-state index in [0.717, 1.165) is 18.8 Å². The van der Waals surface area contributed by atoms with Crippen LogP contribution in [0.3, 0.4) is 0 Å². The molecule has 1 unspecified atom stereocenters. The number of para-hydroxylation sites is 1. The maximum absolute atomic E-state index is 12.7. The van der Waals surface area contributed by atoms with Crippen LogP contribution in [-0.2, 0) is 4.79 Å². The van der Waals surface area contributed by atoms with Gasteiger partial charge in [-0.25, -0.2) is 0 Å². The molecule has 1 atom stereocenters. The Morgan fingerprint density at radius 1 is 0.871 bits per heavy atom. The van der Waals surface area contributed by atoms with Gasteiger partial charge in [0.25, 0.3) is 5.91 Å². The highest BCUT2D eigenvalue weighted by Gasteiger charge is 2.29. The molecule has 1 amide bonds. The van der Waals surface area contributed by atoms with Crippen molar-refractivity contribution in [1.29, 1.82) is 0 Å². The van der Waals surface area contributed by atoms with E-state index in [-0.39, 0.29) is 18.6 Å². The zero-order chi connectivity index (χ0) is 21.6. The molecule has 4 nitrogen and oxygen atoms in total. The number of hydrogen-bond acceptors (Lipinski definition) is 3. The van der Waals surface area contributed by atoms with Gasteiger partial charge in [0.1, 0.15) is 5.75 Å². The number of rotatable bonds is 6. The molecule has 0 radical (unpaired) electrons. The Bertz CT molecular complexity index is 996. The second-order valence-electron chi connectivity index (χ2n) is 8.19. The van der Waals surface area contributed by atoms with Crippen molar-refractivity contribution in [3.63, 3.8) is 0 Å². The predicted molar refractivity (Wildman–Crippen MR) is 124 cm³/mol. The van der Waals surface area contributed by atoms with Crippen LogP contribution in [0.15, 0.2) is 78.9 Å². The number of ether oxygens (including phenoxy) is 1. The standard InChI is InChI=1S/C27H30N2O2/c1-21-13-14-22(2)25(19-21)27(23-9-5-3-6-10-23)29-17-15-28(16-18-29)26(30)20-31-24-11-7-4-8-12-24/h3-14,19,27H,15-18,20H2,1-2H3. The molecule has 1 heterocycles. The molecule has 3 aromatic carbocycles. The van der Waals surface area contributed by atoms with E-state index in [1.165, 1.54) is 22.3 Å². The van der Waals surface area contributed by atoms with Crippen LogP contribution >= 0.6 is 0 Å². The Labute approximate surface area is 185 Å². The molecule has 3 aromatic rings. The summed E-state index contributed by atoms with van der Waals surface area (Å²) in [7, 11) is 0. The lowest BCUT2D eigenvalue weighted by molar-refractivity contribution is -0.135. The van der Waals surface area contributed by atoms with Crippen LogP contribution < -0.4 is 4.74 Å². The largest absolute Gasteiger partial charge is 0.484 e. The molecule has 160 valence electrons. The highest BCUT2D eigenvalue weighted by molar-refractivity contribution is 5.77. The Morgan fingerprint density at radius 3 is 2.19 bits per heavy atom. The average molecular weight is 415 g/mol. The maximum atomic E-state index is 12.7. The second-order valence-corrected chi connectivity index (χ2v) is 8.19. The van der Waals surface area contributed by atoms with Crippen LogP contribution in [0.25, 0.3) is 0 Å². The number of piperazine rings is 1. The van der Waals surface area contributed by atoms with Crippen LogP contribution in [-0.4, -0.2) is 48.5 Å². The van der Waals surface area contributed by atoms with E-state index in [4.69, 9.17) is 4.74 Å². The predicted octanol–water partition coefficient (Wildman–Crippen LogP) is 4.62. The minimum absolute atomic E-state index is 0.0477. The van der Waals surface area contributed by atoms with Crippen molar-refractivity contribution < 1.29 is 9.53 Å². The highest BCUT2D eigenvalue weighted by atomic mass is 16.5. The summed E-state index contributed by atoms with van der Waals surface area (Å²) in [6.45, 7) is 7.52. The Kier molecular flexibility index (Phi) is 6.68. The van der Waals surface area contributed by atoms with E-state index in [0.29, 0.717) is 13.1 Å². The zero-order valence-electron chi connectivity index (χ0n) is 18.3. The first-order valence-electron chi connectivity index (χ1n) is 10.9. The third-order valence-electron chi connectivity index (χ3n) is 5.98. The van der Waals surface area contributed by atoms with Gasteiger partial charge in [-0.2, -0.15) is 0 Å². The summed E-state index contributed by atoms with van der Waals surface area (Å²) < 4.78 is 5.66. The van der Waals surface area contributed by atoms with Crippen molar-refractivity contribution in [1.82, 2.24) is 9.80 Å². The maximum Gasteiger partial charge on any atom is 0.260 e. The van der Waals surface area contributed by atoms with Crippen molar-refractivity contribution in [3.8, 4) is 5.75 Å². The smallest absolute Gasteiger partial charge is 0.260 e. The van der Waals surface area contributed by atoms with Gasteiger partial charge in [0.15, 0.2) is 6.61 Å². The lowest BCUT2D eigenvalue weighted by Crippen LogP contribution is -2.51. The van der Waals surface area contributed by atoms with Gasteiger partial charge in [-0.3, -0.25) is 9.69 Å². The van der Waals surface area contributed by atoms with Crippen LogP contribution in [0.1, 0.15) is 28.3 Å². The molecular formula is C27H30N2O2. The molecule has 0 saturated carbocycles. The average Bonchev–Trinajstić information content (AvgIpc) is 2.82. The summed E-state index contributed by atoms with van der Waals surface area (Å²) >= 11 is 0. The van der Waals surface area contributed by atoms with E-state index in [2.05, 4.69) is 67.3 Å². The van der Waals surface area contributed by atoms with Gasteiger partial charge in [0, 0.05) is 26.2 Å². The fourth-order valence-corrected chi connectivity index (χ4v) is 4.26. The Hall–Kier alpha value is -3.11. The quantitative estimate of drug-likeness (QED) is 0.590. The lowest BCUT2D eigenvalue weighted by atomic mass is 9.92. The number of benzene rings is 3. The first kappa shape index (κ1) is 21.1. The van der Waals surface area contributed by atoms with Crippen LogP contribution in [0.4, 0.5) is 0 Å². The van der Waals surface area contributed by atoms with Crippen molar-refractivity contribution in [2.75, 3.05) is 32.8 Å². The molecule has 4 rings (SSSR count). The summed E-state index contributed by atoms with van der Waals surface area (Å²) in [6.07, 6.45) is 0. The summed E-state index contributed by atoms with van der Waals surface area (Å²) in [5.41, 5.74) is 5.21. The fourth-order valence-electron chi connectivity index (χ4n) is 4.26. The number of nitrogens with zero attached hydrogens (tertiary/aromatic N) is 2. The van der Waals surface area contributed by atoms with Gasteiger partial charge in [-0.1, -0.05) is 72.3 Å². The minimum atomic E-state index is 0.0477. The van der Waals surface area contributed by atoms with Gasteiger partial charge < -0.3 is 9.64 Å². The molecule has 1 aliphatic heterocycles. The first-order chi connectivity index (χ1) is 15.1. The van der Waals surface area contributed by atoms with Crippen LogP contribution in [0.2, 0.25) is 0 Å². The molecule has 0 bridgehead atoms. The molecule has 0 N–H and O–H groups in total. The Morgan fingerprint density at radius 2 is 1.52 bits per heavy atom. The SMILES string of the molecule is Cc1ccc(C)c(C(c2ccccc2)N2CCN(C(=O)COc3ccccc3)CC2)c1. The summed E-state index contributed by atoms with van der Waals surface area (Å²) in [6, 6.07) is 27.1. The van der Waals surface area contributed by atoms with Gasteiger partial charge in [0.2, 0.25) is 0 Å². The summed E-state index contributed by atoms with van der Waals surface area (Å²) in [4.78, 5) is 17.1. The number of carbonyl (C=O) groups excluding carboxylic acids is 1. The fraction of sp³-hybridized carbons (Fsp3) is 0.296. The number of hydrogen-bond donors (Lipinski definition) is 0.